The van der Waals surface area contributed by atoms with Crippen molar-refractivity contribution in [2.75, 3.05) is 13.2 Å². The minimum Gasteiger partial charge on any atom is -0.462 e. The number of nitrogens with one attached hydrogen (secondary N) is 1. The summed E-state index contributed by atoms with van der Waals surface area (Å²) in [6, 6.07) is 17.3. The molecule has 0 aliphatic carbocycles. The number of halogens is 1. The molecule has 0 saturated heterocycles. The fraction of sp³-hybridized carbons (Fsp3) is 0.222. The van der Waals surface area contributed by atoms with Gasteiger partial charge >= 0.3 is 5.97 Å². The molecule has 1 aliphatic heterocycles. The molecule has 2 aromatic carbocycles. The van der Waals surface area contributed by atoms with Crippen LogP contribution in [0.1, 0.15) is 22.1 Å². The zero-order valence-electron chi connectivity index (χ0n) is 12.5. The molecular formula is C18H17ClN2O2. The Labute approximate surface area is 140 Å². The van der Waals surface area contributed by atoms with Gasteiger partial charge in [0.2, 0.25) is 0 Å². The van der Waals surface area contributed by atoms with E-state index in [1.165, 1.54) is 5.56 Å². The highest BCUT2D eigenvalue weighted by atomic mass is 35.5. The molecular weight excluding hydrogens is 312 g/mol. The molecule has 0 saturated carbocycles. The van der Waals surface area contributed by atoms with Gasteiger partial charge in [-0.25, -0.2) is 0 Å². The Morgan fingerprint density at radius 1 is 1.17 bits per heavy atom. The molecule has 1 aliphatic rings. The molecule has 1 heterocycles. The molecule has 1 unspecified atom stereocenters. The number of nitrogens with zero attached hydrogens (tertiary/aromatic N) is 1. The first-order valence-corrected chi connectivity index (χ1v) is 7.91. The molecule has 3 rings (SSSR count). The lowest BCUT2D eigenvalue weighted by Crippen LogP contribution is -2.28. The minimum atomic E-state index is -0.777. The van der Waals surface area contributed by atoms with E-state index in [0.717, 1.165) is 17.0 Å². The Hall–Kier alpha value is -2.33. The highest BCUT2D eigenvalue weighted by molar-refractivity contribution is 6.29. The van der Waals surface area contributed by atoms with Gasteiger partial charge in [0.15, 0.2) is 5.38 Å². The Bertz CT molecular complexity index is 716. The maximum absolute atomic E-state index is 11.9. The van der Waals surface area contributed by atoms with Gasteiger partial charge in [0.05, 0.1) is 13.1 Å². The monoisotopic (exact) mass is 328 g/mol. The molecule has 4 nitrogen and oxygen atoms in total. The molecule has 0 aromatic heterocycles. The third kappa shape index (κ3) is 3.71. The van der Waals surface area contributed by atoms with E-state index in [1.54, 1.807) is 12.1 Å². The van der Waals surface area contributed by atoms with Gasteiger partial charge in [-0.15, -0.1) is 11.6 Å². The first-order chi connectivity index (χ1) is 11.3. The van der Waals surface area contributed by atoms with Crippen molar-refractivity contribution in [3.63, 3.8) is 0 Å². The van der Waals surface area contributed by atoms with Gasteiger partial charge in [-0.3, -0.25) is 9.79 Å². The molecule has 0 amide bonds. The van der Waals surface area contributed by atoms with E-state index in [4.69, 9.17) is 16.3 Å². The zero-order valence-corrected chi connectivity index (χ0v) is 13.3. The Balaban J connectivity index is 1.45. The average molecular weight is 329 g/mol. The highest BCUT2D eigenvalue weighted by Crippen LogP contribution is 2.21. The van der Waals surface area contributed by atoms with Crippen LogP contribution in [-0.4, -0.2) is 25.0 Å². The number of fused-ring (bicyclic) bond motifs is 1. The van der Waals surface area contributed by atoms with Crippen molar-refractivity contribution >= 4 is 23.4 Å². The van der Waals surface area contributed by atoms with Gasteiger partial charge in [-0.05, 0) is 11.1 Å². The van der Waals surface area contributed by atoms with Crippen LogP contribution in [0.15, 0.2) is 59.6 Å². The lowest BCUT2D eigenvalue weighted by atomic mass is 10.1. The van der Waals surface area contributed by atoms with E-state index >= 15 is 0 Å². The predicted octanol–water partition coefficient (Wildman–Crippen LogP) is 3.06. The van der Waals surface area contributed by atoms with Crippen LogP contribution in [-0.2, 0) is 16.1 Å². The van der Waals surface area contributed by atoms with Gasteiger partial charge < -0.3 is 10.1 Å². The third-order valence-corrected chi connectivity index (χ3v) is 4.05. The van der Waals surface area contributed by atoms with Crippen LogP contribution in [0.5, 0.6) is 0 Å². The number of ether oxygens (including phenoxy) is 1. The number of benzene rings is 2. The number of hydrogen-bond acceptors (Lipinski definition) is 4. The average Bonchev–Trinajstić information content (AvgIpc) is 3.02. The van der Waals surface area contributed by atoms with E-state index in [0.29, 0.717) is 13.1 Å². The molecule has 0 spiro atoms. The largest absolute Gasteiger partial charge is 0.462 e. The van der Waals surface area contributed by atoms with Crippen LogP contribution in [0, 0.1) is 0 Å². The van der Waals surface area contributed by atoms with Gasteiger partial charge in [0.25, 0.3) is 0 Å². The minimum absolute atomic E-state index is 0.246. The Kier molecular flexibility index (Phi) is 4.93. The summed E-state index contributed by atoms with van der Waals surface area (Å²) in [6.07, 6.45) is 0. The van der Waals surface area contributed by atoms with Crippen molar-refractivity contribution in [1.82, 2.24) is 5.32 Å². The van der Waals surface area contributed by atoms with Crippen LogP contribution in [0.3, 0.4) is 0 Å². The smallest absolute Gasteiger partial charge is 0.328 e. The predicted molar refractivity (Wildman–Crippen MR) is 90.7 cm³/mol. The van der Waals surface area contributed by atoms with E-state index in [-0.39, 0.29) is 6.61 Å². The number of esters is 1. The topological polar surface area (TPSA) is 50.7 Å². The van der Waals surface area contributed by atoms with Gasteiger partial charge in [0.1, 0.15) is 12.4 Å². The Morgan fingerprint density at radius 3 is 2.74 bits per heavy atom. The molecule has 118 valence electrons. The van der Waals surface area contributed by atoms with Crippen molar-refractivity contribution < 1.29 is 9.53 Å². The zero-order chi connectivity index (χ0) is 16.1. The summed E-state index contributed by atoms with van der Waals surface area (Å²) in [5.74, 6) is 0.413. The van der Waals surface area contributed by atoms with Crippen LogP contribution in [0.4, 0.5) is 0 Å². The van der Waals surface area contributed by atoms with Crippen molar-refractivity contribution in [3.05, 3.63) is 71.3 Å². The maximum atomic E-state index is 11.9. The Morgan fingerprint density at radius 2 is 1.91 bits per heavy atom. The summed E-state index contributed by atoms with van der Waals surface area (Å²) in [5.41, 5.74) is 3.05. The standard InChI is InChI=1S/C18H17ClN2O2/c19-16(13-6-2-1-3-7-13)18(22)23-11-10-20-17-15-9-5-4-8-14(15)12-21-17/h1-9,16H,10-12H2,(H,20,21). The number of amidine groups is 1. The molecule has 1 N–H and O–H groups in total. The second-order valence-corrected chi connectivity index (χ2v) is 5.63. The molecule has 0 fully saturated rings. The SMILES string of the molecule is O=C(OCCNC1=NCc2ccccc21)C(Cl)c1ccccc1. The van der Waals surface area contributed by atoms with E-state index < -0.39 is 11.3 Å². The number of aliphatic imine (C=N–C) groups is 1. The van der Waals surface area contributed by atoms with Crippen LogP contribution < -0.4 is 5.32 Å². The maximum Gasteiger partial charge on any atom is 0.328 e. The third-order valence-electron chi connectivity index (χ3n) is 3.62. The number of rotatable bonds is 5. The molecule has 5 heteroatoms. The summed E-state index contributed by atoms with van der Waals surface area (Å²) < 4.78 is 5.22. The normalized spacial score (nSPS) is 13.9. The summed E-state index contributed by atoms with van der Waals surface area (Å²) in [5, 5.41) is 2.42. The van der Waals surface area contributed by atoms with Crippen molar-refractivity contribution in [3.8, 4) is 0 Å². The fourth-order valence-corrected chi connectivity index (χ4v) is 2.65. The highest BCUT2D eigenvalue weighted by Gasteiger charge is 2.19. The van der Waals surface area contributed by atoms with E-state index in [9.17, 15) is 4.79 Å². The number of carbonyl (C=O) groups excluding carboxylic acids is 1. The van der Waals surface area contributed by atoms with E-state index in [1.807, 2.05) is 36.4 Å². The van der Waals surface area contributed by atoms with Crippen LogP contribution in [0.25, 0.3) is 0 Å². The first kappa shape index (κ1) is 15.6. The summed E-state index contributed by atoms with van der Waals surface area (Å²) in [6.45, 7) is 1.43. The summed E-state index contributed by atoms with van der Waals surface area (Å²) >= 11 is 6.11. The van der Waals surface area contributed by atoms with Crippen molar-refractivity contribution in [2.45, 2.75) is 11.9 Å². The van der Waals surface area contributed by atoms with E-state index in [2.05, 4.69) is 16.4 Å². The first-order valence-electron chi connectivity index (χ1n) is 7.48. The van der Waals surface area contributed by atoms with Gasteiger partial charge in [-0.1, -0.05) is 54.6 Å². The summed E-state index contributed by atoms with van der Waals surface area (Å²) in [7, 11) is 0. The molecule has 23 heavy (non-hydrogen) atoms. The lowest BCUT2D eigenvalue weighted by molar-refractivity contribution is -0.143. The number of hydrogen-bond donors (Lipinski definition) is 1. The second kappa shape index (κ2) is 7.29. The fourth-order valence-electron chi connectivity index (χ4n) is 2.44. The number of alkyl halides is 1. The quantitative estimate of drug-likeness (QED) is 0.521. The lowest BCUT2D eigenvalue weighted by Gasteiger charge is -2.11. The molecule has 2 aromatic rings. The van der Waals surface area contributed by atoms with Crippen molar-refractivity contribution in [1.29, 1.82) is 0 Å². The van der Waals surface area contributed by atoms with Crippen LogP contribution >= 0.6 is 11.6 Å². The number of carbonyl (C=O) groups is 1. The summed E-state index contributed by atoms with van der Waals surface area (Å²) in [4.78, 5) is 16.4. The van der Waals surface area contributed by atoms with Gasteiger partial charge in [-0.2, -0.15) is 0 Å². The molecule has 1 atom stereocenters. The molecule has 0 bridgehead atoms. The second-order valence-electron chi connectivity index (χ2n) is 5.19. The van der Waals surface area contributed by atoms with Crippen LogP contribution in [0.2, 0.25) is 0 Å². The van der Waals surface area contributed by atoms with Gasteiger partial charge in [0, 0.05) is 5.56 Å². The van der Waals surface area contributed by atoms with Crippen molar-refractivity contribution in [2.24, 2.45) is 4.99 Å². The molecule has 0 radical (unpaired) electrons.